The lowest BCUT2D eigenvalue weighted by Crippen LogP contribution is -2.50. The number of hydrogen-bond acceptors (Lipinski definition) is 2. The first-order valence-electron chi connectivity index (χ1n) is 3.10. The van der Waals surface area contributed by atoms with E-state index in [4.69, 9.17) is 11.6 Å². The number of aliphatic carboxylic acids is 1. The average molecular weight is 164 g/mol. The summed E-state index contributed by atoms with van der Waals surface area (Å²) < 4.78 is 0. The van der Waals surface area contributed by atoms with E-state index < -0.39 is 16.3 Å². The second-order valence-corrected chi connectivity index (χ2v) is 4.30. The van der Waals surface area contributed by atoms with Crippen LogP contribution >= 0.6 is 11.6 Å². The topological polar surface area (TPSA) is 40.1 Å². The molecule has 2 nitrogen and oxygen atoms in total. The van der Waals surface area contributed by atoms with Gasteiger partial charge in [0.15, 0.2) is 0 Å². The van der Waals surface area contributed by atoms with Gasteiger partial charge in [0.1, 0.15) is 0 Å². The van der Waals surface area contributed by atoms with Crippen molar-refractivity contribution in [3.05, 3.63) is 0 Å². The second kappa shape index (κ2) is 2.42. The number of carbonyl (C=O) groups excluding carboxylic acids is 1. The van der Waals surface area contributed by atoms with Crippen molar-refractivity contribution in [2.24, 2.45) is 5.41 Å². The predicted molar refractivity (Wildman–Crippen MR) is 38.7 cm³/mol. The number of carboxylic acids is 1. The highest BCUT2D eigenvalue weighted by atomic mass is 35.5. The number of halogens is 1. The minimum absolute atomic E-state index is 0.479. The summed E-state index contributed by atoms with van der Waals surface area (Å²) in [6.07, 6.45) is 0. The van der Waals surface area contributed by atoms with Crippen molar-refractivity contribution < 1.29 is 9.90 Å². The van der Waals surface area contributed by atoms with Gasteiger partial charge >= 0.3 is 0 Å². The van der Waals surface area contributed by atoms with E-state index in [-0.39, 0.29) is 0 Å². The van der Waals surface area contributed by atoms with Gasteiger partial charge in [-0.15, -0.1) is 11.6 Å². The molecule has 0 aliphatic heterocycles. The van der Waals surface area contributed by atoms with E-state index >= 15 is 0 Å². The molecular formula is C7H12ClO2-. The number of rotatable bonds is 1. The molecule has 0 saturated carbocycles. The molecule has 0 aromatic rings. The van der Waals surface area contributed by atoms with Crippen LogP contribution < -0.4 is 5.11 Å². The maximum absolute atomic E-state index is 10.4. The normalized spacial score (nSPS) is 18.1. The van der Waals surface area contributed by atoms with Gasteiger partial charge in [-0.3, -0.25) is 0 Å². The fraction of sp³-hybridized carbons (Fsp3) is 0.857. The lowest BCUT2D eigenvalue weighted by atomic mass is 9.81. The van der Waals surface area contributed by atoms with Gasteiger partial charge in [0.05, 0.1) is 10.8 Å². The van der Waals surface area contributed by atoms with Crippen molar-refractivity contribution in [1.82, 2.24) is 0 Å². The molecule has 0 saturated heterocycles. The van der Waals surface area contributed by atoms with Crippen LogP contribution in [0.5, 0.6) is 0 Å². The zero-order chi connectivity index (χ0) is 8.58. The Kier molecular flexibility index (Phi) is 2.36. The number of carboxylic acid groups (broad SMARTS) is 1. The maximum Gasteiger partial charge on any atom is 0.0859 e. The fourth-order valence-corrected chi connectivity index (χ4v) is 0.306. The molecule has 0 spiro atoms. The summed E-state index contributed by atoms with van der Waals surface area (Å²) in [7, 11) is 0. The Bertz CT molecular complexity index is 144. The molecule has 0 fully saturated rings. The molecule has 60 valence electrons. The van der Waals surface area contributed by atoms with Crippen LogP contribution in [-0.2, 0) is 4.79 Å². The molecule has 0 amide bonds. The molecule has 0 bridgehead atoms. The van der Waals surface area contributed by atoms with Gasteiger partial charge in [-0.2, -0.15) is 0 Å². The smallest absolute Gasteiger partial charge is 0.0859 e. The van der Waals surface area contributed by atoms with Gasteiger partial charge < -0.3 is 9.90 Å². The summed E-state index contributed by atoms with van der Waals surface area (Å²) in [5, 5.41) is 10.4. The standard InChI is InChI=1S/C7H13ClO2/c1-6(2,3)7(4,8)5(9)10/h1-4H3,(H,9,10)/p-1. The highest BCUT2D eigenvalue weighted by Crippen LogP contribution is 2.35. The Labute approximate surface area is 66.2 Å². The molecule has 0 aliphatic carbocycles. The van der Waals surface area contributed by atoms with Crippen molar-refractivity contribution >= 4 is 17.6 Å². The van der Waals surface area contributed by atoms with Crippen molar-refractivity contribution in [2.45, 2.75) is 32.6 Å². The zero-order valence-electron chi connectivity index (χ0n) is 6.69. The summed E-state index contributed by atoms with van der Waals surface area (Å²) in [5.74, 6) is -1.22. The third-order valence-corrected chi connectivity index (χ3v) is 2.51. The SMILES string of the molecule is CC(C)(C)C(C)(Cl)C(=O)[O-]. The summed E-state index contributed by atoms with van der Waals surface area (Å²) >= 11 is 5.69. The average Bonchev–Trinajstić information content (AvgIpc) is 1.62. The Hall–Kier alpha value is -0.240. The molecule has 0 N–H and O–H groups in total. The minimum atomic E-state index is -1.28. The summed E-state index contributed by atoms with van der Waals surface area (Å²) in [4.78, 5) is 9.14. The second-order valence-electron chi connectivity index (χ2n) is 3.54. The van der Waals surface area contributed by atoms with Gasteiger partial charge in [0.2, 0.25) is 0 Å². The third kappa shape index (κ3) is 1.63. The van der Waals surface area contributed by atoms with Crippen molar-refractivity contribution in [2.75, 3.05) is 0 Å². The van der Waals surface area contributed by atoms with Crippen molar-refractivity contribution in [3.63, 3.8) is 0 Å². The van der Waals surface area contributed by atoms with Crippen LogP contribution in [-0.4, -0.2) is 10.8 Å². The molecule has 0 rings (SSSR count). The molecule has 0 aromatic carbocycles. The molecule has 0 aliphatic rings. The molecule has 0 radical (unpaired) electrons. The van der Waals surface area contributed by atoms with Crippen LogP contribution in [0.1, 0.15) is 27.7 Å². The van der Waals surface area contributed by atoms with Gasteiger partial charge in [0.25, 0.3) is 0 Å². The first-order chi connectivity index (χ1) is 4.19. The lowest BCUT2D eigenvalue weighted by Gasteiger charge is -2.36. The Balaban J connectivity index is 4.57. The minimum Gasteiger partial charge on any atom is -0.548 e. The van der Waals surface area contributed by atoms with Crippen LogP contribution in [0, 0.1) is 5.41 Å². The fourth-order valence-electron chi connectivity index (χ4n) is 0.306. The first-order valence-corrected chi connectivity index (χ1v) is 3.48. The Morgan fingerprint density at radius 3 is 1.60 bits per heavy atom. The van der Waals surface area contributed by atoms with Crippen LogP contribution in [0.15, 0.2) is 0 Å². The Morgan fingerprint density at radius 2 is 1.60 bits per heavy atom. The first kappa shape index (κ1) is 9.76. The molecule has 10 heavy (non-hydrogen) atoms. The number of hydrogen-bond donors (Lipinski definition) is 0. The zero-order valence-corrected chi connectivity index (χ0v) is 7.45. The van der Waals surface area contributed by atoms with E-state index in [1.807, 2.05) is 0 Å². The quantitative estimate of drug-likeness (QED) is 0.536. The summed E-state index contributed by atoms with van der Waals surface area (Å²) in [6.45, 7) is 6.73. The highest BCUT2D eigenvalue weighted by Gasteiger charge is 2.36. The van der Waals surface area contributed by atoms with E-state index in [2.05, 4.69) is 0 Å². The molecule has 3 heteroatoms. The van der Waals surface area contributed by atoms with Crippen LogP contribution in [0.2, 0.25) is 0 Å². The summed E-state index contributed by atoms with van der Waals surface area (Å²) in [5.41, 5.74) is -0.479. The van der Waals surface area contributed by atoms with E-state index in [0.29, 0.717) is 0 Å². The van der Waals surface area contributed by atoms with Crippen molar-refractivity contribution in [1.29, 1.82) is 0 Å². The molecule has 0 aromatic heterocycles. The highest BCUT2D eigenvalue weighted by molar-refractivity contribution is 6.33. The monoisotopic (exact) mass is 163 g/mol. The van der Waals surface area contributed by atoms with Crippen LogP contribution in [0.3, 0.4) is 0 Å². The number of alkyl halides is 1. The number of carbonyl (C=O) groups is 1. The molecular weight excluding hydrogens is 152 g/mol. The van der Waals surface area contributed by atoms with E-state index in [9.17, 15) is 9.90 Å². The van der Waals surface area contributed by atoms with Gasteiger partial charge in [-0.25, -0.2) is 0 Å². The third-order valence-electron chi connectivity index (χ3n) is 1.79. The largest absolute Gasteiger partial charge is 0.548 e. The lowest BCUT2D eigenvalue weighted by molar-refractivity contribution is -0.311. The Morgan fingerprint density at radius 1 is 1.30 bits per heavy atom. The van der Waals surface area contributed by atoms with Gasteiger partial charge in [-0.1, -0.05) is 20.8 Å². The van der Waals surface area contributed by atoms with E-state index in [0.717, 1.165) is 0 Å². The van der Waals surface area contributed by atoms with Gasteiger partial charge in [0, 0.05) is 0 Å². The molecule has 1 unspecified atom stereocenters. The van der Waals surface area contributed by atoms with E-state index in [1.165, 1.54) is 6.92 Å². The van der Waals surface area contributed by atoms with Crippen LogP contribution in [0.25, 0.3) is 0 Å². The molecule has 0 heterocycles. The van der Waals surface area contributed by atoms with Crippen molar-refractivity contribution in [3.8, 4) is 0 Å². The predicted octanol–water partition coefficient (Wildman–Crippen LogP) is 0.780. The summed E-state index contributed by atoms with van der Waals surface area (Å²) in [6, 6.07) is 0. The maximum atomic E-state index is 10.4. The van der Waals surface area contributed by atoms with Crippen LogP contribution in [0.4, 0.5) is 0 Å². The molecule has 1 atom stereocenters. The van der Waals surface area contributed by atoms with Gasteiger partial charge in [-0.05, 0) is 12.3 Å². The van der Waals surface area contributed by atoms with E-state index in [1.54, 1.807) is 20.8 Å².